The van der Waals surface area contributed by atoms with Gasteiger partial charge in [-0.3, -0.25) is 9.59 Å². The minimum atomic E-state index is -0.120. The Morgan fingerprint density at radius 2 is 1.20 bits per heavy atom. The van der Waals surface area contributed by atoms with Crippen molar-refractivity contribution in [3.8, 4) is 0 Å². The van der Waals surface area contributed by atoms with Gasteiger partial charge in [-0.25, -0.2) is 0 Å². The molecule has 0 heterocycles. The van der Waals surface area contributed by atoms with Gasteiger partial charge < -0.3 is 10.1 Å². The Morgan fingerprint density at radius 1 is 0.800 bits per heavy atom. The molecule has 1 N–H and O–H groups in total. The Balaban J connectivity index is -0.000000116. The number of ether oxygens (including phenoxy) is 1. The number of rotatable bonds is 4. The van der Waals surface area contributed by atoms with Crippen LogP contribution in [-0.2, 0) is 14.3 Å². The molecule has 0 aromatic heterocycles. The van der Waals surface area contributed by atoms with Crippen LogP contribution in [0.1, 0.15) is 70.2 Å². The van der Waals surface area contributed by atoms with Crippen molar-refractivity contribution in [3.63, 3.8) is 0 Å². The van der Waals surface area contributed by atoms with Crippen molar-refractivity contribution >= 4 is 11.9 Å². The first-order valence-corrected chi connectivity index (χ1v) is 6.58. The van der Waals surface area contributed by atoms with Crippen molar-refractivity contribution in [2.75, 3.05) is 0 Å². The summed E-state index contributed by atoms with van der Waals surface area (Å²) >= 11 is 0. The number of esters is 1. The molecule has 0 atom stereocenters. The fraction of sp³-hybridized carbons (Fsp3) is 0.875. The van der Waals surface area contributed by atoms with Gasteiger partial charge >= 0.3 is 5.97 Å². The fourth-order valence-corrected chi connectivity index (χ4v) is 0.820. The van der Waals surface area contributed by atoms with Crippen molar-refractivity contribution in [2.45, 2.75) is 82.4 Å². The monoisotopic (exact) mass is 291 g/mol. The summed E-state index contributed by atoms with van der Waals surface area (Å²) in [6.07, 6.45) is 0.0138. The molecule has 4 nitrogen and oxygen atoms in total. The third-order valence-electron chi connectivity index (χ3n) is 1.78. The maximum Gasteiger partial charge on any atom is 0.308 e. The molecule has 0 saturated heterocycles. The third-order valence-corrected chi connectivity index (χ3v) is 1.78. The van der Waals surface area contributed by atoms with Crippen LogP contribution < -0.4 is 5.32 Å². The van der Waals surface area contributed by atoms with Crippen molar-refractivity contribution in [3.05, 3.63) is 0 Å². The van der Waals surface area contributed by atoms with Crippen molar-refractivity contribution in [1.29, 1.82) is 0 Å². The Bertz CT molecular complexity index is 220. The van der Waals surface area contributed by atoms with Crippen LogP contribution in [0.5, 0.6) is 0 Å². The van der Waals surface area contributed by atoms with E-state index in [2.05, 4.69) is 5.32 Å². The number of carbonyl (C=O) groups is 2. The van der Waals surface area contributed by atoms with Gasteiger partial charge in [0.25, 0.3) is 0 Å². The number of nitrogens with one attached hydrogen (secondary N) is 1. The van der Waals surface area contributed by atoms with Crippen molar-refractivity contribution in [1.82, 2.24) is 5.32 Å². The molecule has 124 valence electrons. The van der Waals surface area contributed by atoms with E-state index in [1.54, 1.807) is 0 Å². The third kappa shape index (κ3) is 19.3. The maximum absolute atomic E-state index is 10.8. The fourth-order valence-electron chi connectivity index (χ4n) is 0.820. The highest BCUT2D eigenvalue weighted by atomic mass is 16.5. The van der Waals surface area contributed by atoms with Crippen LogP contribution in [0.3, 0.4) is 0 Å². The standard InChI is InChI=1S/C7H15NO.C7H14O2.2CH4/c1-5(2)7(9)8-6(3)4;1-5(2)7(8)9-6(3)4;;/h5-6H,1-4H3,(H,8,9);5-6H,1-4H3;2*1H4. The Labute approximate surface area is 126 Å². The van der Waals surface area contributed by atoms with E-state index in [0.717, 1.165) is 0 Å². The molecule has 0 aromatic rings. The summed E-state index contributed by atoms with van der Waals surface area (Å²) in [6, 6.07) is 0.264. The maximum atomic E-state index is 10.8. The van der Waals surface area contributed by atoms with Crippen LogP contribution in [0.15, 0.2) is 0 Å². The van der Waals surface area contributed by atoms with Gasteiger partial charge in [-0.15, -0.1) is 0 Å². The van der Waals surface area contributed by atoms with E-state index >= 15 is 0 Å². The van der Waals surface area contributed by atoms with E-state index in [1.807, 2.05) is 55.4 Å². The summed E-state index contributed by atoms with van der Waals surface area (Å²) in [7, 11) is 0. The molecule has 4 heteroatoms. The van der Waals surface area contributed by atoms with Gasteiger partial charge in [0.15, 0.2) is 0 Å². The van der Waals surface area contributed by atoms with Gasteiger partial charge in [0.1, 0.15) is 0 Å². The normalized spacial score (nSPS) is 9.40. The largest absolute Gasteiger partial charge is 0.463 e. The zero-order valence-electron chi connectivity index (χ0n) is 13.0. The topological polar surface area (TPSA) is 55.4 Å². The summed E-state index contributed by atoms with van der Waals surface area (Å²) in [5.74, 6) is 0.106. The van der Waals surface area contributed by atoms with Gasteiger partial charge in [0, 0.05) is 12.0 Å². The molecule has 0 aliphatic carbocycles. The predicted molar refractivity (Wildman–Crippen MR) is 87.6 cm³/mol. The minimum Gasteiger partial charge on any atom is -0.463 e. The van der Waals surface area contributed by atoms with Crippen LogP contribution in [0.25, 0.3) is 0 Å². The summed E-state index contributed by atoms with van der Waals surface area (Å²) in [5, 5.41) is 2.80. The Kier molecular flexibility index (Phi) is 19.6. The minimum absolute atomic E-state index is 0. The van der Waals surface area contributed by atoms with Crippen LogP contribution in [0, 0.1) is 11.8 Å². The lowest BCUT2D eigenvalue weighted by Gasteiger charge is -2.09. The molecule has 1 amide bonds. The van der Waals surface area contributed by atoms with Gasteiger partial charge in [0.05, 0.1) is 12.0 Å². The van der Waals surface area contributed by atoms with Crippen LogP contribution >= 0.6 is 0 Å². The number of hydrogen-bond acceptors (Lipinski definition) is 3. The van der Waals surface area contributed by atoms with Crippen LogP contribution in [-0.4, -0.2) is 24.0 Å². The zero-order chi connectivity index (χ0) is 14.9. The van der Waals surface area contributed by atoms with E-state index in [1.165, 1.54) is 0 Å². The molecule has 0 radical (unpaired) electrons. The van der Waals surface area contributed by atoms with Crippen LogP contribution in [0.4, 0.5) is 0 Å². The number of hydrogen-bond donors (Lipinski definition) is 1. The van der Waals surface area contributed by atoms with Crippen molar-refractivity contribution in [2.24, 2.45) is 11.8 Å². The molecule has 0 rings (SSSR count). The average Bonchev–Trinajstić information content (AvgIpc) is 2.16. The van der Waals surface area contributed by atoms with Crippen LogP contribution in [0.2, 0.25) is 0 Å². The molecule has 0 aliphatic rings. The molecule has 0 aliphatic heterocycles. The summed E-state index contributed by atoms with van der Waals surface area (Å²) in [6.45, 7) is 15.0. The van der Waals surface area contributed by atoms with Gasteiger partial charge in [-0.1, -0.05) is 42.5 Å². The van der Waals surface area contributed by atoms with E-state index in [9.17, 15) is 9.59 Å². The lowest BCUT2D eigenvalue weighted by atomic mass is 10.2. The quantitative estimate of drug-likeness (QED) is 0.795. The highest BCUT2D eigenvalue weighted by Crippen LogP contribution is 1.98. The molecule has 0 fully saturated rings. The zero-order valence-corrected chi connectivity index (χ0v) is 13.0. The molecule has 0 unspecified atom stereocenters. The first-order chi connectivity index (χ1) is 8.07. The van der Waals surface area contributed by atoms with Gasteiger partial charge in [0.2, 0.25) is 5.91 Å². The Morgan fingerprint density at radius 3 is 1.30 bits per heavy atom. The second kappa shape index (κ2) is 14.4. The van der Waals surface area contributed by atoms with Gasteiger partial charge in [-0.05, 0) is 27.7 Å². The lowest BCUT2D eigenvalue weighted by molar-refractivity contribution is -0.151. The van der Waals surface area contributed by atoms with E-state index < -0.39 is 0 Å². The first kappa shape index (κ1) is 27.3. The summed E-state index contributed by atoms with van der Waals surface area (Å²) < 4.78 is 4.87. The van der Waals surface area contributed by atoms with E-state index in [4.69, 9.17) is 4.74 Å². The molecular weight excluding hydrogens is 254 g/mol. The Hall–Kier alpha value is -1.06. The first-order valence-electron chi connectivity index (χ1n) is 6.58. The van der Waals surface area contributed by atoms with E-state index in [-0.39, 0.29) is 50.7 Å². The second-order valence-electron chi connectivity index (χ2n) is 5.46. The number of carbonyl (C=O) groups excluding carboxylic acids is 2. The molecule has 0 aromatic carbocycles. The second-order valence-corrected chi connectivity index (χ2v) is 5.46. The van der Waals surface area contributed by atoms with Crippen molar-refractivity contribution < 1.29 is 14.3 Å². The summed E-state index contributed by atoms with van der Waals surface area (Å²) in [4.78, 5) is 21.6. The highest BCUT2D eigenvalue weighted by Gasteiger charge is 2.08. The SMILES string of the molecule is C.C.CC(C)NC(=O)C(C)C.CC(C)OC(=O)C(C)C. The number of amides is 1. The van der Waals surface area contributed by atoms with Gasteiger partial charge in [-0.2, -0.15) is 0 Å². The van der Waals surface area contributed by atoms with E-state index in [0.29, 0.717) is 0 Å². The molecule has 0 saturated carbocycles. The lowest BCUT2D eigenvalue weighted by Crippen LogP contribution is -2.33. The molecule has 20 heavy (non-hydrogen) atoms. The molecule has 0 bridgehead atoms. The predicted octanol–water partition coefficient (Wildman–Crippen LogP) is 4.03. The smallest absolute Gasteiger partial charge is 0.308 e. The molecule has 0 spiro atoms. The highest BCUT2D eigenvalue weighted by molar-refractivity contribution is 5.78. The summed E-state index contributed by atoms with van der Waals surface area (Å²) in [5.41, 5.74) is 0. The average molecular weight is 291 g/mol. The molecular formula is C16H37NO3.